The molecule has 0 atom stereocenters. The monoisotopic (exact) mass is 534 g/mol. The highest BCUT2D eigenvalue weighted by atomic mass is 32.2. The Hall–Kier alpha value is -4.85. The zero-order chi connectivity index (χ0) is 26.7. The Morgan fingerprint density at radius 2 is 1.61 bits per heavy atom. The van der Waals surface area contributed by atoms with Gasteiger partial charge in [0.05, 0.1) is 27.0 Å². The van der Waals surface area contributed by atoms with Gasteiger partial charge in [0, 0.05) is 18.5 Å². The van der Waals surface area contributed by atoms with Gasteiger partial charge in [-0.1, -0.05) is 12.1 Å². The van der Waals surface area contributed by atoms with Crippen LogP contribution in [0, 0.1) is 0 Å². The van der Waals surface area contributed by atoms with E-state index < -0.39 is 15.2 Å². The highest BCUT2D eigenvalue weighted by Gasteiger charge is 2.25. The average molecular weight is 535 g/mol. The van der Waals surface area contributed by atoms with Crippen molar-refractivity contribution in [3.05, 3.63) is 61.1 Å². The van der Waals surface area contributed by atoms with Crippen molar-refractivity contribution >= 4 is 27.1 Å². The summed E-state index contributed by atoms with van der Waals surface area (Å²) in [5.41, 5.74) is 1.39. The van der Waals surface area contributed by atoms with E-state index in [1.54, 1.807) is 41.0 Å². The van der Waals surface area contributed by atoms with E-state index in [1.165, 1.54) is 38.9 Å². The quantitative estimate of drug-likeness (QED) is 0.277. The molecule has 0 saturated heterocycles. The van der Waals surface area contributed by atoms with Crippen molar-refractivity contribution in [1.29, 1.82) is 0 Å². The molecule has 14 heteroatoms. The van der Waals surface area contributed by atoms with Gasteiger partial charge in [0.25, 0.3) is 15.2 Å². The molecule has 0 amide bonds. The van der Waals surface area contributed by atoms with Crippen molar-refractivity contribution in [1.82, 2.24) is 34.5 Å². The van der Waals surface area contributed by atoms with Crippen molar-refractivity contribution in [3.8, 4) is 34.6 Å². The first-order valence-electron chi connectivity index (χ1n) is 11.3. The number of sulfonamides is 1. The van der Waals surface area contributed by atoms with Crippen LogP contribution in [-0.4, -0.2) is 63.7 Å². The summed E-state index contributed by atoms with van der Waals surface area (Å²) in [5.74, 6) is 1.61. The zero-order valence-corrected chi connectivity index (χ0v) is 21.4. The third kappa shape index (κ3) is 4.64. The van der Waals surface area contributed by atoms with Crippen LogP contribution in [0.5, 0.6) is 17.4 Å². The second-order valence-electron chi connectivity index (χ2n) is 7.62. The molecule has 0 aliphatic carbocycles. The third-order valence-corrected chi connectivity index (χ3v) is 6.43. The van der Waals surface area contributed by atoms with Crippen molar-refractivity contribution in [2.45, 2.75) is 12.1 Å². The molecular weight excluding hydrogens is 512 g/mol. The molecule has 0 radical (unpaired) electrons. The molecule has 38 heavy (non-hydrogen) atoms. The lowest BCUT2D eigenvalue weighted by Crippen LogP contribution is -2.17. The molecule has 0 saturated carbocycles. The summed E-state index contributed by atoms with van der Waals surface area (Å²) >= 11 is 0. The lowest BCUT2D eigenvalue weighted by atomic mass is 10.2. The number of imidazole rings is 1. The van der Waals surface area contributed by atoms with Gasteiger partial charge in [-0.2, -0.15) is 8.42 Å². The SMILES string of the molecule is CCOc1cccc(-c2nc3ncc(NS(=O)(=O)c4ncccn4)nc3n2-c2c(OC)cccc2OC)n1. The number of nitrogens with one attached hydrogen (secondary N) is 1. The van der Waals surface area contributed by atoms with Gasteiger partial charge < -0.3 is 14.2 Å². The smallest absolute Gasteiger partial charge is 0.298 e. The van der Waals surface area contributed by atoms with Crippen LogP contribution in [0.15, 0.2) is 66.2 Å². The van der Waals surface area contributed by atoms with Crippen LogP contribution in [0.25, 0.3) is 28.5 Å². The fourth-order valence-corrected chi connectivity index (χ4v) is 4.58. The summed E-state index contributed by atoms with van der Waals surface area (Å²) in [6.07, 6.45) is 3.91. The second-order valence-corrected chi connectivity index (χ2v) is 9.19. The number of methoxy groups -OCH3 is 2. The average Bonchev–Trinajstić information content (AvgIpc) is 3.31. The van der Waals surface area contributed by atoms with Crippen molar-refractivity contribution < 1.29 is 22.6 Å². The van der Waals surface area contributed by atoms with E-state index in [0.717, 1.165) is 0 Å². The second kappa shape index (κ2) is 10.3. The minimum Gasteiger partial charge on any atom is -0.494 e. The zero-order valence-electron chi connectivity index (χ0n) is 20.6. The van der Waals surface area contributed by atoms with Crippen LogP contribution in [0.3, 0.4) is 0 Å². The van der Waals surface area contributed by atoms with Gasteiger partial charge in [-0.15, -0.1) is 0 Å². The van der Waals surface area contributed by atoms with E-state index >= 15 is 0 Å². The summed E-state index contributed by atoms with van der Waals surface area (Å²) in [6, 6.07) is 12.1. The Morgan fingerprint density at radius 1 is 0.895 bits per heavy atom. The molecule has 5 aromatic rings. The van der Waals surface area contributed by atoms with Crippen LogP contribution < -0.4 is 18.9 Å². The molecule has 1 N–H and O–H groups in total. The maximum atomic E-state index is 12.8. The molecule has 4 aromatic heterocycles. The molecular formula is C24H22N8O5S. The summed E-state index contributed by atoms with van der Waals surface area (Å²) in [7, 11) is -1.08. The molecule has 13 nitrogen and oxygen atoms in total. The standard InChI is InChI=1S/C24H22N8O5S/c1-4-37-19-11-5-8-15(28-19)22-30-21-23(32(22)20-16(35-2)9-6-10-17(20)36-3)29-18(14-27-21)31-38(33,34)24-25-12-7-13-26-24/h5-14H,4H2,1-3H3,(H,29,31). The Labute approximate surface area is 217 Å². The predicted octanol–water partition coefficient (Wildman–Crippen LogP) is 2.88. The number of para-hydroxylation sites is 1. The van der Waals surface area contributed by atoms with Crippen LogP contribution in [-0.2, 0) is 10.0 Å². The van der Waals surface area contributed by atoms with Crippen molar-refractivity contribution in [3.63, 3.8) is 0 Å². The first-order valence-corrected chi connectivity index (χ1v) is 12.8. The first kappa shape index (κ1) is 24.8. The Morgan fingerprint density at radius 3 is 2.29 bits per heavy atom. The maximum absolute atomic E-state index is 12.8. The molecule has 0 fully saturated rings. The number of anilines is 1. The van der Waals surface area contributed by atoms with Gasteiger partial charge in [0.15, 0.2) is 22.9 Å². The molecule has 4 heterocycles. The van der Waals surface area contributed by atoms with Gasteiger partial charge in [0.1, 0.15) is 22.9 Å². The normalized spacial score (nSPS) is 11.3. The number of hydrogen-bond donors (Lipinski definition) is 1. The molecule has 194 valence electrons. The highest BCUT2D eigenvalue weighted by Crippen LogP contribution is 2.38. The molecule has 1 aromatic carbocycles. The Bertz CT molecular complexity index is 1690. The van der Waals surface area contributed by atoms with Gasteiger partial charge >= 0.3 is 0 Å². The summed E-state index contributed by atoms with van der Waals surface area (Å²) in [5, 5.41) is -0.403. The number of ether oxygens (including phenoxy) is 3. The van der Waals surface area contributed by atoms with Gasteiger partial charge in [0.2, 0.25) is 5.88 Å². The van der Waals surface area contributed by atoms with Crippen LogP contribution in [0.4, 0.5) is 5.82 Å². The lowest BCUT2D eigenvalue weighted by Gasteiger charge is -2.16. The minimum atomic E-state index is -4.13. The van der Waals surface area contributed by atoms with E-state index in [1.807, 2.05) is 6.92 Å². The molecule has 0 aliphatic rings. The first-order chi connectivity index (χ1) is 18.4. The third-order valence-electron chi connectivity index (χ3n) is 5.26. The van der Waals surface area contributed by atoms with E-state index in [4.69, 9.17) is 14.2 Å². The fourth-order valence-electron chi connectivity index (χ4n) is 3.71. The topological polar surface area (TPSA) is 156 Å². The van der Waals surface area contributed by atoms with E-state index in [-0.39, 0.29) is 17.1 Å². The maximum Gasteiger partial charge on any atom is 0.298 e. The Balaban J connectivity index is 1.75. The minimum absolute atomic E-state index is 0.0671. The number of rotatable bonds is 9. The number of hydrogen-bond acceptors (Lipinski definition) is 11. The predicted molar refractivity (Wildman–Crippen MR) is 137 cm³/mol. The van der Waals surface area contributed by atoms with Gasteiger partial charge in [-0.3, -0.25) is 9.29 Å². The number of aromatic nitrogens is 7. The van der Waals surface area contributed by atoms with Gasteiger partial charge in [-0.05, 0) is 31.2 Å². The Kier molecular flexibility index (Phi) is 6.70. The summed E-state index contributed by atoms with van der Waals surface area (Å²) < 4.78 is 46.5. The van der Waals surface area contributed by atoms with Crippen molar-refractivity contribution in [2.75, 3.05) is 25.5 Å². The van der Waals surface area contributed by atoms with E-state index in [2.05, 4.69) is 34.6 Å². The number of benzene rings is 1. The molecule has 0 aliphatic heterocycles. The molecule has 5 rings (SSSR count). The molecule has 0 spiro atoms. The van der Waals surface area contributed by atoms with Crippen LogP contribution >= 0.6 is 0 Å². The number of pyridine rings is 1. The number of nitrogens with zero attached hydrogens (tertiary/aromatic N) is 7. The van der Waals surface area contributed by atoms with Gasteiger partial charge in [-0.25, -0.2) is 29.9 Å². The summed E-state index contributed by atoms with van der Waals surface area (Å²) in [6.45, 7) is 2.30. The molecule has 0 bridgehead atoms. The lowest BCUT2D eigenvalue weighted by molar-refractivity contribution is 0.327. The van der Waals surface area contributed by atoms with Crippen LogP contribution in [0.2, 0.25) is 0 Å². The van der Waals surface area contributed by atoms with Crippen LogP contribution in [0.1, 0.15) is 6.92 Å². The summed E-state index contributed by atoms with van der Waals surface area (Å²) in [4.78, 5) is 25.8. The fraction of sp³-hybridized carbons (Fsp3) is 0.167. The molecule has 0 unspecified atom stereocenters. The highest BCUT2D eigenvalue weighted by molar-refractivity contribution is 7.92. The largest absolute Gasteiger partial charge is 0.494 e. The van der Waals surface area contributed by atoms with E-state index in [9.17, 15) is 8.42 Å². The number of fused-ring (bicyclic) bond motifs is 1. The van der Waals surface area contributed by atoms with E-state index in [0.29, 0.717) is 41.2 Å². The van der Waals surface area contributed by atoms with Crippen molar-refractivity contribution in [2.24, 2.45) is 0 Å².